The molecule has 0 spiro atoms. The first kappa shape index (κ1) is 13.8. The molecule has 1 aliphatic heterocycles. The van der Waals surface area contributed by atoms with Gasteiger partial charge in [-0.25, -0.2) is 4.99 Å². The Hall–Kier alpha value is -1.21. The highest BCUT2D eigenvalue weighted by Crippen LogP contribution is 2.49. The molecule has 108 valence electrons. The zero-order chi connectivity index (χ0) is 14.5. The van der Waals surface area contributed by atoms with Crippen molar-refractivity contribution in [2.75, 3.05) is 6.61 Å². The molecule has 2 unspecified atom stereocenters. The Kier molecular flexibility index (Phi) is 3.02. The van der Waals surface area contributed by atoms with Crippen molar-refractivity contribution in [3.05, 3.63) is 29.3 Å². The Morgan fingerprint density at radius 3 is 2.95 bits per heavy atom. The quantitative estimate of drug-likeness (QED) is 0.913. The Labute approximate surface area is 117 Å². The lowest BCUT2D eigenvalue weighted by Crippen LogP contribution is -2.27. The lowest BCUT2D eigenvalue weighted by Gasteiger charge is -2.19. The van der Waals surface area contributed by atoms with Crippen LogP contribution in [0, 0.1) is 0 Å². The van der Waals surface area contributed by atoms with Crippen LogP contribution < -0.4 is 4.74 Å². The van der Waals surface area contributed by atoms with Crippen LogP contribution in [0.25, 0.3) is 0 Å². The molecular weight excluding hydrogens is 291 g/mol. The minimum atomic E-state index is -4.36. The molecule has 1 aromatic rings. The van der Waals surface area contributed by atoms with Crippen molar-refractivity contribution in [3.63, 3.8) is 0 Å². The van der Waals surface area contributed by atoms with Crippen LogP contribution in [0.2, 0.25) is 0 Å². The molecule has 0 saturated carbocycles. The molecule has 1 heterocycles. The fourth-order valence-electron chi connectivity index (χ4n) is 2.60. The molecule has 0 radical (unpaired) electrons. The molecule has 0 saturated heterocycles. The highest BCUT2D eigenvalue weighted by atomic mass is 32.2. The highest BCUT2D eigenvalue weighted by Gasteiger charge is 2.49. The Bertz CT molecular complexity index is 587. The highest BCUT2D eigenvalue weighted by molar-refractivity contribution is 8.14. The van der Waals surface area contributed by atoms with Crippen molar-refractivity contribution >= 4 is 16.8 Å². The second-order valence-corrected chi connectivity index (χ2v) is 6.29. The number of benzene rings is 1. The number of alkyl halides is 3. The van der Waals surface area contributed by atoms with Crippen LogP contribution in [0.15, 0.2) is 23.2 Å². The van der Waals surface area contributed by atoms with Gasteiger partial charge in [0.2, 0.25) is 0 Å². The lowest BCUT2D eigenvalue weighted by molar-refractivity contribution is -0.153. The van der Waals surface area contributed by atoms with E-state index in [1.165, 1.54) is 17.8 Å². The van der Waals surface area contributed by atoms with Crippen molar-refractivity contribution < 1.29 is 23.0 Å². The smallest absolute Gasteiger partial charge is 0.422 e. The number of hydrogen-bond acceptors (Lipinski definition) is 4. The molecule has 1 aromatic carbocycles. The number of halogens is 3. The maximum absolute atomic E-state index is 12.1. The van der Waals surface area contributed by atoms with Crippen molar-refractivity contribution in [1.29, 1.82) is 0 Å². The largest absolute Gasteiger partial charge is 0.484 e. The zero-order valence-corrected chi connectivity index (χ0v) is 11.4. The van der Waals surface area contributed by atoms with E-state index in [4.69, 9.17) is 4.74 Å². The van der Waals surface area contributed by atoms with E-state index >= 15 is 0 Å². The third-order valence-electron chi connectivity index (χ3n) is 3.37. The molecule has 0 amide bonds. The van der Waals surface area contributed by atoms with E-state index in [-0.39, 0.29) is 11.0 Å². The number of ether oxygens (including phenoxy) is 1. The van der Waals surface area contributed by atoms with Crippen molar-refractivity contribution in [2.24, 2.45) is 4.99 Å². The Balaban J connectivity index is 1.85. The minimum Gasteiger partial charge on any atom is -0.484 e. The molecule has 2 aliphatic rings. The molecule has 1 aliphatic carbocycles. The van der Waals surface area contributed by atoms with E-state index in [0.717, 1.165) is 10.6 Å². The topological polar surface area (TPSA) is 41.8 Å². The summed E-state index contributed by atoms with van der Waals surface area (Å²) in [5.74, 6) is 0.162. The molecule has 2 atom stereocenters. The van der Waals surface area contributed by atoms with Gasteiger partial charge < -0.3 is 9.84 Å². The Morgan fingerprint density at radius 1 is 1.50 bits per heavy atom. The summed E-state index contributed by atoms with van der Waals surface area (Å²) in [7, 11) is 0. The molecule has 0 aromatic heterocycles. The van der Waals surface area contributed by atoms with Gasteiger partial charge in [-0.2, -0.15) is 13.2 Å². The fourth-order valence-corrected chi connectivity index (χ4v) is 3.81. The van der Waals surface area contributed by atoms with Gasteiger partial charge in [0.15, 0.2) is 12.3 Å². The van der Waals surface area contributed by atoms with Crippen LogP contribution in [0.1, 0.15) is 18.1 Å². The van der Waals surface area contributed by atoms with Crippen molar-refractivity contribution in [1.82, 2.24) is 0 Å². The first-order valence-electron chi connectivity index (χ1n) is 6.06. The first-order valence-corrected chi connectivity index (χ1v) is 6.94. The van der Waals surface area contributed by atoms with Gasteiger partial charge in [-0.15, -0.1) is 11.8 Å². The summed E-state index contributed by atoms with van der Waals surface area (Å²) in [6.45, 7) is 0.521. The predicted octanol–water partition coefficient (Wildman–Crippen LogP) is 2.86. The van der Waals surface area contributed by atoms with Crippen LogP contribution in [0.4, 0.5) is 13.2 Å². The number of fused-ring (bicyclic) bond motifs is 3. The second-order valence-electron chi connectivity index (χ2n) is 4.89. The number of aliphatic imine (C=N–C) groups is 1. The van der Waals surface area contributed by atoms with Crippen LogP contribution >= 0.6 is 11.8 Å². The summed E-state index contributed by atoms with van der Waals surface area (Å²) in [5, 5.41) is 11.3. The zero-order valence-electron chi connectivity index (χ0n) is 10.6. The monoisotopic (exact) mass is 303 g/mol. The summed E-state index contributed by atoms with van der Waals surface area (Å²) < 4.78 is 41.1. The average Bonchev–Trinajstić information content (AvgIpc) is 2.74. The van der Waals surface area contributed by atoms with E-state index < -0.39 is 18.5 Å². The van der Waals surface area contributed by atoms with E-state index in [1.54, 1.807) is 12.1 Å². The van der Waals surface area contributed by atoms with E-state index in [2.05, 4.69) is 4.99 Å². The van der Waals surface area contributed by atoms with Gasteiger partial charge in [-0.05, 0) is 31.0 Å². The van der Waals surface area contributed by atoms with Crippen LogP contribution in [-0.2, 0) is 12.1 Å². The maximum Gasteiger partial charge on any atom is 0.422 e. The van der Waals surface area contributed by atoms with Gasteiger partial charge >= 0.3 is 6.18 Å². The van der Waals surface area contributed by atoms with Gasteiger partial charge in [-0.1, -0.05) is 6.07 Å². The molecule has 20 heavy (non-hydrogen) atoms. The van der Waals surface area contributed by atoms with E-state index in [0.29, 0.717) is 12.0 Å². The molecular formula is C13H12F3NO2S. The number of rotatable bonds is 2. The molecule has 3 nitrogen and oxygen atoms in total. The van der Waals surface area contributed by atoms with Crippen molar-refractivity contribution in [3.8, 4) is 5.75 Å². The fraction of sp³-hybridized carbons (Fsp3) is 0.462. The van der Waals surface area contributed by atoms with Crippen molar-refractivity contribution in [2.45, 2.75) is 30.5 Å². The molecule has 0 bridgehead atoms. The van der Waals surface area contributed by atoms with E-state index in [9.17, 15) is 18.3 Å². The van der Waals surface area contributed by atoms with Gasteiger partial charge in [-0.3, -0.25) is 0 Å². The average molecular weight is 303 g/mol. The third kappa shape index (κ3) is 2.29. The maximum atomic E-state index is 12.1. The molecule has 3 rings (SSSR count). The second kappa shape index (κ2) is 4.39. The summed E-state index contributed by atoms with van der Waals surface area (Å²) in [4.78, 5) is 4.25. The normalized spacial score (nSPS) is 28.1. The first-order chi connectivity index (χ1) is 9.28. The van der Waals surface area contributed by atoms with Gasteiger partial charge in [0.25, 0.3) is 0 Å². The van der Waals surface area contributed by atoms with Gasteiger partial charge in [0.1, 0.15) is 5.75 Å². The summed E-state index contributed by atoms with van der Waals surface area (Å²) in [6, 6.07) is 4.60. The summed E-state index contributed by atoms with van der Waals surface area (Å²) in [6.07, 6.45) is -3.79. The number of thioether (sulfide) groups is 1. The molecule has 0 fully saturated rings. The minimum absolute atomic E-state index is 0.102. The standard InChI is InChI=1S/C13H12F3NO2S/c1-7-17-13(18)10-3-2-9(19-6-12(14,15)16)4-8(10)5-11(13)20-7/h2-4,11,18H,5-6H2,1H3. The Morgan fingerprint density at radius 2 is 2.25 bits per heavy atom. The number of aliphatic hydroxyl groups is 1. The number of nitrogens with zero attached hydrogens (tertiary/aromatic N) is 1. The summed E-state index contributed by atoms with van der Waals surface area (Å²) in [5.41, 5.74) is 0.208. The van der Waals surface area contributed by atoms with Gasteiger partial charge in [0.05, 0.1) is 10.3 Å². The van der Waals surface area contributed by atoms with Crippen LogP contribution in [-0.4, -0.2) is 28.2 Å². The lowest BCUT2D eigenvalue weighted by atomic mass is 10.1. The van der Waals surface area contributed by atoms with Gasteiger partial charge in [0, 0.05) is 5.56 Å². The molecule has 1 N–H and O–H groups in total. The number of hydrogen-bond donors (Lipinski definition) is 1. The predicted molar refractivity (Wildman–Crippen MR) is 70.1 cm³/mol. The molecule has 7 heteroatoms. The SMILES string of the molecule is CC1=NC2(O)c3ccc(OCC(F)(F)F)cc3CC2S1. The third-order valence-corrected chi connectivity index (χ3v) is 4.58. The van der Waals surface area contributed by atoms with Crippen LogP contribution in [0.3, 0.4) is 0 Å². The summed E-state index contributed by atoms with van der Waals surface area (Å²) >= 11 is 1.49. The van der Waals surface area contributed by atoms with Crippen LogP contribution in [0.5, 0.6) is 5.75 Å². The van der Waals surface area contributed by atoms with E-state index in [1.807, 2.05) is 6.92 Å².